The van der Waals surface area contributed by atoms with Crippen molar-refractivity contribution in [3.63, 3.8) is 0 Å². The largest absolute Gasteiger partial charge is 0.334 e. The Balaban J connectivity index is 1.13. The molecule has 10 heteroatoms. The van der Waals surface area contributed by atoms with Gasteiger partial charge in [-0.05, 0) is 49.9 Å². The predicted octanol–water partition coefficient (Wildman–Crippen LogP) is 1.52. The molecule has 0 bridgehead atoms. The summed E-state index contributed by atoms with van der Waals surface area (Å²) in [5.41, 5.74) is 1.90. The third kappa shape index (κ3) is 8.16. The Morgan fingerprint density at radius 2 is 0.795 bits per heavy atom. The molecule has 230 valence electrons. The summed E-state index contributed by atoms with van der Waals surface area (Å²) >= 11 is 0. The van der Waals surface area contributed by atoms with E-state index in [2.05, 4.69) is 12.1 Å². The number of carbonyl (C=O) groups is 4. The second-order valence-electron chi connectivity index (χ2n) is 11.6. The number of quaternary nitrogens is 2. The van der Waals surface area contributed by atoms with Gasteiger partial charge < -0.3 is 9.80 Å². The first-order chi connectivity index (χ1) is 21.5. The van der Waals surface area contributed by atoms with Crippen LogP contribution in [0.4, 0.5) is 0 Å². The van der Waals surface area contributed by atoms with E-state index in [0.717, 1.165) is 65.0 Å². The number of carbonyl (C=O) groups excluding carboxylic acids is 4. The summed E-state index contributed by atoms with van der Waals surface area (Å²) in [6.07, 6.45) is 6.53. The van der Waals surface area contributed by atoms with Crippen LogP contribution < -0.4 is 9.80 Å². The van der Waals surface area contributed by atoms with E-state index in [9.17, 15) is 19.2 Å². The summed E-state index contributed by atoms with van der Waals surface area (Å²) in [7, 11) is 0. The molecule has 0 saturated heterocycles. The maximum Gasteiger partial charge on any atom is 0.261 e. The minimum absolute atomic E-state index is 0.223. The highest BCUT2D eigenvalue weighted by atomic mass is 16.2. The fourth-order valence-corrected chi connectivity index (χ4v) is 6.18. The van der Waals surface area contributed by atoms with Gasteiger partial charge >= 0.3 is 0 Å². The maximum atomic E-state index is 12.6. The smallest absolute Gasteiger partial charge is 0.261 e. The summed E-state index contributed by atoms with van der Waals surface area (Å²) in [4.78, 5) is 55.8. The number of nitrogens with zero attached hydrogens (tertiary/aromatic N) is 4. The number of hydrogen-bond acceptors (Lipinski definition) is 6. The lowest BCUT2D eigenvalue weighted by atomic mass is 10.1. The van der Waals surface area contributed by atoms with Crippen LogP contribution in [0.15, 0.2) is 48.5 Å². The Bertz CT molecular complexity index is 1250. The van der Waals surface area contributed by atoms with Gasteiger partial charge in [0.15, 0.2) is 0 Å². The number of amides is 4. The Morgan fingerprint density at radius 1 is 0.477 bits per heavy atom. The fraction of sp³-hybridized carbons (Fsp3) is 0.471. The van der Waals surface area contributed by atoms with Crippen molar-refractivity contribution >= 4 is 23.6 Å². The highest BCUT2D eigenvalue weighted by Crippen LogP contribution is 2.23. The van der Waals surface area contributed by atoms with Crippen LogP contribution in [-0.4, -0.2) is 85.8 Å². The average molecular weight is 599 g/mol. The van der Waals surface area contributed by atoms with Crippen LogP contribution in [0.5, 0.6) is 0 Å². The van der Waals surface area contributed by atoms with Gasteiger partial charge in [-0.25, -0.2) is 0 Å². The molecule has 2 aromatic rings. The van der Waals surface area contributed by atoms with E-state index in [0.29, 0.717) is 61.0 Å². The Kier molecular flexibility index (Phi) is 12.2. The molecule has 44 heavy (non-hydrogen) atoms. The van der Waals surface area contributed by atoms with E-state index >= 15 is 0 Å². The van der Waals surface area contributed by atoms with Gasteiger partial charge in [0.25, 0.3) is 23.6 Å². The second-order valence-corrected chi connectivity index (χ2v) is 11.6. The Labute approximate surface area is 259 Å². The summed E-state index contributed by atoms with van der Waals surface area (Å²) < 4.78 is 0. The number of fused-ring (bicyclic) bond motifs is 2. The zero-order valence-corrected chi connectivity index (χ0v) is 25.4. The lowest BCUT2D eigenvalue weighted by molar-refractivity contribution is -0.900. The minimum Gasteiger partial charge on any atom is -0.334 e. The van der Waals surface area contributed by atoms with Gasteiger partial charge in [-0.1, -0.05) is 24.3 Å². The van der Waals surface area contributed by atoms with E-state index in [-0.39, 0.29) is 23.6 Å². The van der Waals surface area contributed by atoms with Crippen molar-refractivity contribution in [3.05, 3.63) is 70.8 Å². The first-order valence-corrected chi connectivity index (χ1v) is 15.8. The maximum absolute atomic E-state index is 12.6. The molecule has 2 aliphatic heterocycles. The molecule has 0 aliphatic carbocycles. The van der Waals surface area contributed by atoms with Gasteiger partial charge in [-0.2, -0.15) is 10.5 Å². The van der Waals surface area contributed by atoms with E-state index < -0.39 is 0 Å². The van der Waals surface area contributed by atoms with E-state index in [1.807, 2.05) is 0 Å². The highest BCUT2D eigenvalue weighted by Gasteiger charge is 2.35. The summed E-state index contributed by atoms with van der Waals surface area (Å²) in [5.74, 6) is -0.894. The van der Waals surface area contributed by atoms with Gasteiger partial charge in [-0.15, -0.1) is 0 Å². The zero-order valence-electron chi connectivity index (χ0n) is 25.4. The number of nitrogens with one attached hydrogen (secondary N) is 2. The van der Waals surface area contributed by atoms with Crippen molar-refractivity contribution in [1.29, 1.82) is 10.5 Å². The molecular formula is C34H42N6O4+2. The molecule has 0 radical (unpaired) electrons. The van der Waals surface area contributed by atoms with Crippen molar-refractivity contribution in [1.82, 2.24) is 9.80 Å². The standard InChI is InChI=1S/C34H40N6O4/c35-17-9-21-37(23-11-25-39-31(41)27-13-3-4-14-28(27)32(39)42)19-7-1-2-8-20-38(22-10-18-36)24-12-26-40-33(43)29-15-5-6-16-30(29)34(40)44/h3-6,13-16H,1-2,7-12,19-26H2/p+2. The fourth-order valence-electron chi connectivity index (χ4n) is 6.18. The van der Waals surface area contributed by atoms with Gasteiger partial charge in [0.2, 0.25) is 0 Å². The summed E-state index contributed by atoms with van der Waals surface area (Å²) in [6, 6.07) is 18.3. The van der Waals surface area contributed by atoms with Crippen LogP contribution in [0, 0.1) is 22.7 Å². The molecule has 0 fully saturated rings. The van der Waals surface area contributed by atoms with Crippen LogP contribution >= 0.6 is 0 Å². The monoisotopic (exact) mass is 598 g/mol. The first-order valence-electron chi connectivity index (χ1n) is 15.8. The lowest BCUT2D eigenvalue weighted by Crippen LogP contribution is -3.12. The van der Waals surface area contributed by atoms with Gasteiger partial charge in [0.05, 0.1) is 86.5 Å². The Morgan fingerprint density at radius 3 is 1.11 bits per heavy atom. The Hall–Kier alpha value is -4.38. The molecule has 2 unspecified atom stereocenters. The molecule has 2 atom stereocenters. The van der Waals surface area contributed by atoms with Crippen molar-refractivity contribution in [2.75, 3.05) is 52.4 Å². The first kappa shape index (κ1) is 32.5. The molecule has 2 aromatic carbocycles. The van der Waals surface area contributed by atoms with Crippen molar-refractivity contribution in [3.8, 4) is 12.1 Å². The van der Waals surface area contributed by atoms with Gasteiger partial charge in [-0.3, -0.25) is 29.0 Å². The minimum atomic E-state index is -0.223. The number of nitriles is 2. The highest BCUT2D eigenvalue weighted by molar-refractivity contribution is 6.22. The lowest BCUT2D eigenvalue weighted by Gasteiger charge is -2.21. The summed E-state index contributed by atoms with van der Waals surface area (Å²) in [6.45, 7) is 5.75. The van der Waals surface area contributed by atoms with E-state index in [1.54, 1.807) is 48.5 Å². The van der Waals surface area contributed by atoms with Crippen LogP contribution in [0.3, 0.4) is 0 Å². The van der Waals surface area contributed by atoms with Gasteiger partial charge in [0.1, 0.15) is 0 Å². The average Bonchev–Trinajstić information content (AvgIpc) is 3.43. The third-order valence-electron chi connectivity index (χ3n) is 8.57. The SMILES string of the molecule is N#CCC[NH+](CCCCCC[NH+](CCC#N)CCCN1C(=O)c2ccccc2C1=O)CCCN1C(=O)c2ccccc2C1=O. The van der Waals surface area contributed by atoms with Crippen LogP contribution in [0.1, 0.15) is 92.8 Å². The van der Waals surface area contributed by atoms with Crippen LogP contribution in [-0.2, 0) is 0 Å². The molecule has 2 N–H and O–H groups in total. The number of benzene rings is 2. The number of rotatable bonds is 19. The number of hydrogen-bond donors (Lipinski definition) is 2. The molecule has 0 aromatic heterocycles. The molecule has 0 saturated carbocycles. The zero-order chi connectivity index (χ0) is 31.3. The van der Waals surface area contributed by atoms with Crippen LogP contribution in [0.25, 0.3) is 0 Å². The summed E-state index contributed by atoms with van der Waals surface area (Å²) in [5, 5.41) is 18.2. The number of unbranched alkanes of at least 4 members (excludes halogenated alkanes) is 3. The van der Waals surface area contributed by atoms with Gasteiger partial charge in [0, 0.05) is 25.9 Å². The molecule has 4 amide bonds. The van der Waals surface area contributed by atoms with E-state index in [4.69, 9.17) is 10.5 Å². The molecule has 2 heterocycles. The van der Waals surface area contributed by atoms with E-state index in [1.165, 1.54) is 19.6 Å². The molecule has 2 aliphatic rings. The normalized spacial score (nSPS) is 15.2. The molecular weight excluding hydrogens is 556 g/mol. The van der Waals surface area contributed by atoms with Crippen molar-refractivity contribution < 1.29 is 29.0 Å². The quantitative estimate of drug-likeness (QED) is 0.186. The second kappa shape index (κ2) is 16.5. The topological polar surface area (TPSA) is 131 Å². The van der Waals surface area contributed by atoms with Crippen molar-refractivity contribution in [2.45, 2.75) is 51.4 Å². The molecule has 10 nitrogen and oxygen atoms in total. The van der Waals surface area contributed by atoms with Crippen molar-refractivity contribution in [2.24, 2.45) is 0 Å². The molecule has 4 rings (SSSR count). The predicted molar refractivity (Wildman–Crippen MR) is 163 cm³/mol. The van der Waals surface area contributed by atoms with Crippen LogP contribution in [0.2, 0.25) is 0 Å². The molecule has 0 spiro atoms. The third-order valence-corrected chi connectivity index (χ3v) is 8.57. The number of imide groups is 2.